The first kappa shape index (κ1) is 15.0. The molecule has 0 saturated carbocycles. The van der Waals surface area contributed by atoms with Crippen molar-refractivity contribution >= 4 is 11.6 Å². The normalized spacial score (nSPS) is 10.3. The average molecular weight is 287 g/mol. The molecule has 4 heteroatoms. The number of nitrogens with one attached hydrogen (secondary N) is 1. The van der Waals surface area contributed by atoms with Crippen molar-refractivity contribution in [3.05, 3.63) is 58.9 Å². The number of hydrogen-bond acceptors (Lipinski definition) is 2. The molecule has 0 atom stereocenters. The van der Waals surface area contributed by atoms with Crippen LogP contribution in [0.25, 0.3) is 0 Å². The minimum absolute atomic E-state index is 0.0447. The lowest BCUT2D eigenvalue weighted by Crippen LogP contribution is -2.15. The lowest BCUT2D eigenvalue weighted by Gasteiger charge is -2.11. The Morgan fingerprint density at radius 1 is 1.19 bits per heavy atom. The van der Waals surface area contributed by atoms with Gasteiger partial charge in [0.15, 0.2) is 0 Å². The largest absolute Gasteiger partial charge is 0.494 e. The first-order valence-corrected chi connectivity index (χ1v) is 6.83. The van der Waals surface area contributed by atoms with E-state index in [1.165, 1.54) is 6.07 Å². The van der Waals surface area contributed by atoms with E-state index in [1.807, 2.05) is 19.9 Å². The van der Waals surface area contributed by atoms with Crippen LogP contribution in [0, 0.1) is 19.7 Å². The predicted molar refractivity (Wildman–Crippen MR) is 81.4 cm³/mol. The van der Waals surface area contributed by atoms with Crippen molar-refractivity contribution in [2.45, 2.75) is 20.8 Å². The number of hydrogen-bond donors (Lipinski definition) is 1. The molecule has 0 spiro atoms. The number of rotatable bonds is 4. The third-order valence-corrected chi connectivity index (χ3v) is 3.19. The van der Waals surface area contributed by atoms with Gasteiger partial charge < -0.3 is 10.1 Å². The Kier molecular flexibility index (Phi) is 4.58. The standard InChI is InChI=1S/C17H18FNO2/c1-4-21-13-8-9-15(12(3)10-13)19-17(20)14-7-5-6-11(2)16(14)18/h5-10H,4H2,1-3H3,(H,19,20). The van der Waals surface area contributed by atoms with Crippen LogP contribution in [0.15, 0.2) is 36.4 Å². The second kappa shape index (κ2) is 6.39. The molecule has 0 saturated heterocycles. The number of aryl methyl sites for hydroxylation is 2. The summed E-state index contributed by atoms with van der Waals surface area (Å²) in [4.78, 5) is 12.2. The van der Waals surface area contributed by atoms with Crippen molar-refractivity contribution in [1.29, 1.82) is 0 Å². The van der Waals surface area contributed by atoms with E-state index in [9.17, 15) is 9.18 Å². The molecule has 2 rings (SSSR count). The van der Waals surface area contributed by atoms with Crippen LogP contribution in [0.4, 0.5) is 10.1 Å². The molecule has 3 nitrogen and oxygen atoms in total. The van der Waals surface area contributed by atoms with Gasteiger partial charge in [-0.15, -0.1) is 0 Å². The van der Waals surface area contributed by atoms with Crippen LogP contribution in [0.3, 0.4) is 0 Å². The van der Waals surface area contributed by atoms with Gasteiger partial charge in [0.25, 0.3) is 5.91 Å². The highest BCUT2D eigenvalue weighted by Gasteiger charge is 2.14. The fourth-order valence-electron chi connectivity index (χ4n) is 2.05. The van der Waals surface area contributed by atoms with Gasteiger partial charge in [-0.2, -0.15) is 0 Å². The van der Waals surface area contributed by atoms with Crippen molar-refractivity contribution in [3.8, 4) is 5.75 Å². The Labute approximate surface area is 123 Å². The Morgan fingerprint density at radius 3 is 2.62 bits per heavy atom. The van der Waals surface area contributed by atoms with Crippen molar-refractivity contribution < 1.29 is 13.9 Å². The van der Waals surface area contributed by atoms with Gasteiger partial charge >= 0.3 is 0 Å². The van der Waals surface area contributed by atoms with Gasteiger partial charge in [0, 0.05) is 5.69 Å². The first-order valence-electron chi connectivity index (χ1n) is 6.83. The fraction of sp³-hybridized carbons (Fsp3) is 0.235. The summed E-state index contributed by atoms with van der Waals surface area (Å²) in [5.74, 6) is -0.197. The SMILES string of the molecule is CCOc1ccc(NC(=O)c2cccc(C)c2F)c(C)c1. The number of anilines is 1. The zero-order valence-corrected chi connectivity index (χ0v) is 12.4. The van der Waals surface area contributed by atoms with Gasteiger partial charge in [-0.25, -0.2) is 4.39 Å². The molecule has 0 aliphatic carbocycles. The first-order chi connectivity index (χ1) is 10.0. The molecule has 0 aliphatic rings. The number of halogens is 1. The molecular formula is C17H18FNO2. The molecule has 0 fully saturated rings. The molecule has 2 aromatic rings. The summed E-state index contributed by atoms with van der Waals surface area (Å²) in [5, 5.41) is 2.73. The van der Waals surface area contributed by atoms with E-state index in [1.54, 1.807) is 31.2 Å². The molecule has 0 radical (unpaired) electrons. The number of carbonyl (C=O) groups is 1. The van der Waals surface area contributed by atoms with Gasteiger partial charge in [0.2, 0.25) is 0 Å². The van der Waals surface area contributed by atoms with E-state index in [4.69, 9.17) is 4.74 Å². The van der Waals surface area contributed by atoms with E-state index in [2.05, 4.69) is 5.32 Å². The Bertz CT molecular complexity index is 668. The summed E-state index contributed by atoms with van der Waals surface area (Å²) in [5.41, 5.74) is 2.00. The van der Waals surface area contributed by atoms with Gasteiger partial charge in [0.1, 0.15) is 11.6 Å². The zero-order valence-electron chi connectivity index (χ0n) is 12.4. The van der Waals surface area contributed by atoms with Crippen LogP contribution in [0.5, 0.6) is 5.75 Å². The van der Waals surface area contributed by atoms with E-state index >= 15 is 0 Å². The topological polar surface area (TPSA) is 38.3 Å². The molecule has 0 bridgehead atoms. The minimum atomic E-state index is -0.487. The van der Waals surface area contributed by atoms with Crippen LogP contribution < -0.4 is 10.1 Å². The van der Waals surface area contributed by atoms with Crippen LogP contribution in [0.2, 0.25) is 0 Å². The van der Waals surface area contributed by atoms with E-state index in [0.29, 0.717) is 17.9 Å². The third-order valence-electron chi connectivity index (χ3n) is 3.19. The van der Waals surface area contributed by atoms with E-state index in [0.717, 1.165) is 11.3 Å². The second-order valence-electron chi connectivity index (χ2n) is 4.80. The van der Waals surface area contributed by atoms with Crippen LogP contribution in [-0.4, -0.2) is 12.5 Å². The average Bonchev–Trinajstić information content (AvgIpc) is 2.45. The van der Waals surface area contributed by atoms with E-state index in [-0.39, 0.29) is 5.56 Å². The molecule has 0 unspecified atom stereocenters. The lowest BCUT2D eigenvalue weighted by atomic mass is 10.1. The van der Waals surface area contributed by atoms with Crippen LogP contribution in [0.1, 0.15) is 28.4 Å². The Hall–Kier alpha value is -2.36. The van der Waals surface area contributed by atoms with Gasteiger partial charge in [-0.3, -0.25) is 4.79 Å². The number of ether oxygens (including phenoxy) is 1. The Morgan fingerprint density at radius 2 is 1.95 bits per heavy atom. The van der Waals surface area contributed by atoms with E-state index < -0.39 is 11.7 Å². The lowest BCUT2D eigenvalue weighted by molar-refractivity contribution is 0.102. The zero-order chi connectivity index (χ0) is 15.4. The van der Waals surface area contributed by atoms with Crippen molar-refractivity contribution in [3.63, 3.8) is 0 Å². The molecule has 1 amide bonds. The van der Waals surface area contributed by atoms with Crippen molar-refractivity contribution in [1.82, 2.24) is 0 Å². The molecule has 0 aromatic heterocycles. The van der Waals surface area contributed by atoms with Crippen molar-refractivity contribution in [2.24, 2.45) is 0 Å². The maximum absolute atomic E-state index is 13.9. The predicted octanol–water partition coefficient (Wildman–Crippen LogP) is 4.09. The number of amides is 1. The summed E-state index contributed by atoms with van der Waals surface area (Å²) >= 11 is 0. The van der Waals surface area contributed by atoms with Gasteiger partial charge in [-0.05, 0) is 56.2 Å². The highest BCUT2D eigenvalue weighted by molar-refractivity contribution is 6.05. The molecule has 0 aliphatic heterocycles. The quantitative estimate of drug-likeness (QED) is 0.919. The smallest absolute Gasteiger partial charge is 0.258 e. The second-order valence-corrected chi connectivity index (χ2v) is 4.80. The monoisotopic (exact) mass is 287 g/mol. The number of benzene rings is 2. The molecule has 2 aromatic carbocycles. The molecule has 21 heavy (non-hydrogen) atoms. The minimum Gasteiger partial charge on any atom is -0.494 e. The summed E-state index contributed by atoms with van der Waals surface area (Å²) in [6, 6.07) is 10.1. The third kappa shape index (κ3) is 3.40. The highest BCUT2D eigenvalue weighted by Crippen LogP contribution is 2.22. The molecule has 110 valence electrons. The fourth-order valence-corrected chi connectivity index (χ4v) is 2.05. The Balaban J connectivity index is 2.22. The highest BCUT2D eigenvalue weighted by atomic mass is 19.1. The summed E-state index contributed by atoms with van der Waals surface area (Å²) in [6.07, 6.45) is 0. The van der Waals surface area contributed by atoms with Crippen molar-refractivity contribution in [2.75, 3.05) is 11.9 Å². The van der Waals surface area contributed by atoms with Gasteiger partial charge in [-0.1, -0.05) is 12.1 Å². The maximum atomic E-state index is 13.9. The van der Waals surface area contributed by atoms with Gasteiger partial charge in [0.05, 0.1) is 12.2 Å². The van der Waals surface area contributed by atoms with Crippen LogP contribution >= 0.6 is 0 Å². The maximum Gasteiger partial charge on any atom is 0.258 e. The summed E-state index contributed by atoms with van der Waals surface area (Å²) < 4.78 is 19.3. The molecule has 1 N–H and O–H groups in total. The molecular weight excluding hydrogens is 269 g/mol. The summed E-state index contributed by atoms with van der Waals surface area (Å²) in [7, 11) is 0. The molecule has 0 heterocycles. The number of carbonyl (C=O) groups excluding carboxylic acids is 1. The summed E-state index contributed by atoms with van der Waals surface area (Å²) in [6.45, 7) is 5.99. The van der Waals surface area contributed by atoms with Crippen LogP contribution in [-0.2, 0) is 0 Å².